The fraction of sp³-hybridized carbons (Fsp3) is 0.688. The highest BCUT2D eigenvalue weighted by Crippen LogP contribution is 2.49. The van der Waals surface area contributed by atoms with Crippen LogP contribution in [0.4, 0.5) is 0 Å². The minimum Gasteiger partial charge on any atom is -0.350 e. The second-order valence-corrected chi connectivity index (χ2v) is 18.7. The van der Waals surface area contributed by atoms with Crippen LogP contribution in [0.1, 0.15) is 145 Å². The zero-order valence-electron chi connectivity index (χ0n) is 35.5. The number of amides is 3. The second-order valence-electron chi connectivity index (χ2n) is 18.7. The molecule has 9 nitrogen and oxygen atoms in total. The van der Waals surface area contributed by atoms with Crippen LogP contribution in [0.5, 0.6) is 0 Å². The summed E-state index contributed by atoms with van der Waals surface area (Å²) < 4.78 is 0. The average molecular weight is 781 g/mol. The minimum atomic E-state index is 0.0645. The molecule has 3 amide bonds. The van der Waals surface area contributed by atoms with E-state index in [0.29, 0.717) is 5.41 Å². The molecule has 3 N–H and O–H groups in total. The van der Waals surface area contributed by atoms with Gasteiger partial charge in [-0.15, -0.1) is 0 Å². The lowest BCUT2D eigenvalue weighted by Gasteiger charge is -2.47. The van der Waals surface area contributed by atoms with Crippen molar-refractivity contribution in [2.24, 2.45) is 11.8 Å². The maximum absolute atomic E-state index is 11.6. The van der Waals surface area contributed by atoms with Gasteiger partial charge in [0.1, 0.15) is 0 Å². The molecule has 4 saturated heterocycles. The maximum Gasteiger partial charge on any atom is 0.219 e. The molecule has 312 valence electrons. The lowest BCUT2D eigenvalue weighted by Crippen LogP contribution is -2.46. The highest BCUT2D eigenvalue weighted by atomic mass is 16.2. The monoisotopic (exact) mass is 781 g/mol. The molecule has 4 aliphatic heterocycles. The van der Waals surface area contributed by atoms with Gasteiger partial charge >= 0.3 is 0 Å². The van der Waals surface area contributed by atoms with Gasteiger partial charge in [0.2, 0.25) is 17.7 Å². The SMILES string of the molecule is CC(=O)N[C@H]1CCC2(CCN(CCC3CCN(C(C)=O)CC3)CC2)c2ccccc21.CC(=O)N[C@H]1CCC2(CCN(CCC3CCNCC3)CC2)c2ccccc21. The summed E-state index contributed by atoms with van der Waals surface area (Å²) in [6, 6.07) is 18.0. The molecule has 0 bridgehead atoms. The van der Waals surface area contributed by atoms with Crippen molar-refractivity contribution < 1.29 is 14.4 Å². The van der Waals surface area contributed by atoms with Gasteiger partial charge < -0.3 is 30.7 Å². The first-order chi connectivity index (χ1) is 27.6. The number of fused-ring (bicyclic) bond motifs is 4. The standard InChI is InChI=1S/C25H37N3O2.C23H35N3O/c1-19(29)26-24-7-11-25(23-6-4-3-5-22(23)24)12-17-27(18-13-25)14-8-21-9-15-28(16-10-21)20(2)30;1-18(27)25-22-6-10-23(21-5-3-2-4-20(21)22)11-16-26(17-12-23)15-9-19-7-13-24-14-8-19/h3-6,21,24H,7-18H2,1-2H3,(H,26,29);2-5,19,22,24H,6-17H2,1H3,(H,25,27)/t24-;22-/m00/s1. The summed E-state index contributed by atoms with van der Waals surface area (Å²) in [7, 11) is 0. The summed E-state index contributed by atoms with van der Waals surface area (Å²) in [6.07, 6.45) is 17.2. The minimum absolute atomic E-state index is 0.0645. The Morgan fingerprint density at radius 1 is 0.579 bits per heavy atom. The van der Waals surface area contributed by atoms with E-state index in [9.17, 15) is 14.4 Å². The Morgan fingerprint density at radius 3 is 1.42 bits per heavy atom. The quantitative estimate of drug-likeness (QED) is 0.267. The van der Waals surface area contributed by atoms with Crippen molar-refractivity contribution >= 4 is 17.7 Å². The molecule has 0 radical (unpaired) electrons. The molecule has 0 aromatic heterocycles. The Labute approximate surface area is 343 Å². The Balaban J connectivity index is 0.000000175. The van der Waals surface area contributed by atoms with Gasteiger partial charge in [0.25, 0.3) is 0 Å². The van der Waals surface area contributed by atoms with Gasteiger partial charge in [0, 0.05) is 33.9 Å². The summed E-state index contributed by atoms with van der Waals surface area (Å²) in [5.41, 5.74) is 6.30. The number of carbonyl (C=O) groups is 3. The van der Waals surface area contributed by atoms with Gasteiger partial charge in [-0.25, -0.2) is 0 Å². The molecule has 2 spiro atoms. The van der Waals surface area contributed by atoms with Crippen molar-refractivity contribution in [3.8, 4) is 0 Å². The number of hydrogen-bond donors (Lipinski definition) is 3. The third-order valence-corrected chi connectivity index (χ3v) is 15.2. The number of nitrogens with one attached hydrogen (secondary N) is 3. The molecule has 9 heteroatoms. The molecular formula is C48H72N6O3. The van der Waals surface area contributed by atoms with Gasteiger partial charge in [-0.1, -0.05) is 48.5 Å². The summed E-state index contributed by atoms with van der Waals surface area (Å²) in [5.74, 6) is 2.07. The van der Waals surface area contributed by atoms with Crippen LogP contribution in [0, 0.1) is 11.8 Å². The molecule has 4 heterocycles. The Hall–Kier alpha value is -3.27. The van der Waals surface area contributed by atoms with Crippen LogP contribution in [-0.4, -0.2) is 97.9 Å². The molecule has 6 aliphatic rings. The molecule has 57 heavy (non-hydrogen) atoms. The molecule has 8 rings (SSSR count). The Kier molecular flexibility index (Phi) is 14.1. The third-order valence-electron chi connectivity index (χ3n) is 15.2. The van der Waals surface area contributed by atoms with Gasteiger partial charge in [-0.05, 0) is 187 Å². The summed E-state index contributed by atoms with van der Waals surface area (Å²) in [5, 5.41) is 9.81. The maximum atomic E-state index is 11.6. The van der Waals surface area contributed by atoms with E-state index in [1.54, 1.807) is 20.8 Å². The van der Waals surface area contributed by atoms with Crippen LogP contribution in [0.3, 0.4) is 0 Å². The normalized spacial score (nSPS) is 25.1. The number of nitrogens with zero attached hydrogens (tertiary/aromatic N) is 3. The fourth-order valence-electron chi connectivity index (χ4n) is 11.7. The van der Waals surface area contributed by atoms with Crippen molar-refractivity contribution in [2.45, 2.75) is 134 Å². The molecule has 0 saturated carbocycles. The first-order valence-electron chi connectivity index (χ1n) is 22.8. The number of carbonyl (C=O) groups excluding carboxylic acids is 3. The van der Waals surface area contributed by atoms with Crippen molar-refractivity contribution in [1.29, 1.82) is 0 Å². The van der Waals surface area contributed by atoms with Crippen molar-refractivity contribution in [3.63, 3.8) is 0 Å². The molecule has 2 aliphatic carbocycles. The number of benzene rings is 2. The van der Waals surface area contributed by atoms with E-state index in [1.165, 1.54) is 139 Å². The Morgan fingerprint density at radius 2 is 1.00 bits per heavy atom. The summed E-state index contributed by atoms with van der Waals surface area (Å²) >= 11 is 0. The third kappa shape index (κ3) is 10.3. The molecular weight excluding hydrogens is 709 g/mol. The summed E-state index contributed by atoms with van der Waals surface area (Å²) in [6.45, 7) is 16.5. The van der Waals surface area contributed by atoms with Crippen LogP contribution < -0.4 is 16.0 Å². The fourth-order valence-corrected chi connectivity index (χ4v) is 11.7. The van der Waals surface area contributed by atoms with E-state index in [0.717, 1.165) is 50.6 Å². The first-order valence-corrected chi connectivity index (χ1v) is 22.8. The van der Waals surface area contributed by atoms with E-state index in [2.05, 4.69) is 74.3 Å². The van der Waals surface area contributed by atoms with Crippen molar-refractivity contribution in [1.82, 2.24) is 30.7 Å². The van der Waals surface area contributed by atoms with Crippen LogP contribution >= 0.6 is 0 Å². The van der Waals surface area contributed by atoms with Crippen LogP contribution in [0.2, 0.25) is 0 Å². The summed E-state index contributed by atoms with van der Waals surface area (Å²) in [4.78, 5) is 42.1. The smallest absolute Gasteiger partial charge is 0.219 e. The zero-order chi connectivity index (χ0) is 39.8. The lowest BCUT2D eigenvalue weighted by atomic mass is 9.63. The predicted molar refractivity (Wildman–Crippen MR) is 229 cm³/mol. The highest BCUT2D eigenvalue weighted by molar-refractivity contribution is 5.74. The average Bonchev–Trinajstić information content (AvgIpc) is 3.23. The predicted octanol–water partition coefficient (Wildman–Crippen LogP) is 7.02. The van der Waals surface area contributed by atoms with Gasteiger partial charge in [0.15, 0.2) is 0 Å². The van der Waals surface area contributed by atoms with E-state index < -0.39 is 0 Å². The molecule has 4 fully saturated rings. The largest absolute Gasteiger partial charge is 0.350 e. The lowest BCUT2D eigenvalue weighted by molar-refractivity contribution is -0.130. The molecule has 2 aromatic carbocycles. The van der Waals surface area contributed by atoms with Crippen LogP contribution in [-0.2, 0) is 25.2 Å². The van der Waals surface area contributed by atoms with Gasteiger partial charge in [-0.2, -0.15) is 0 Å². The van der Waals surface area contributed by atoms with E-state index in [1.807, 2.05) is 4.90 Å². The second kappa shape index (κ2) is 19.2. The van der Waals surface area contributed by atoms with E-state index in [-0.39, 0.29) is 35.2 Å². The van der Waals surface area contributed by atoms with Gasteiger partial charge in [-0.3, -0.25) is 14.4 Å². The molecule has 2 atom stereocenters. The topological polar surface area (TPSA) is 97.0 Å². The van der Waals surface area contributed by atoms with Gasteiger partial charge in [0.05, 0.1) is 12.1 Å². The van der Waals surface area contributed by atoms with Crippen LogP contribution in [0.25, 0.3) is 0 Å². The molecule has 0 unspecified atom stereocenters. The highest BCUT2D eigenvalue weighted by Gasteiger charge is 2.43. The van der Waals surface area contributed by atoms with E-state index >= 15 is 0 Å². The number of likely N-dealkylation sites (tertiary alicyclic amines) is 3. The van der Waals surface area contributed by atoms with Crippen molar-refractivity contribution in [2.75, 3.05) is 65.4 Å². The number of hydrogen-bond acceptors (Lipinski definition) is 6. The Bertz CT molecular complexity index is 1650. The zero-order valence-corrected chi connectivity index (χ0v) is 35.5. The molecule has 2 aromatic rings. The number of piperidine rings is 4. The number of rotatable bonds is 8. The van der Waals surface area contributed by atoms with E-state index in [4.69, 9.17) is 0 Å². The van der Waals surface area contributed by atoms with Crippen molar-refractivity contribution in [3.05, 3.63) is 70.8 Å². The first kappa shape index (κ1) is 41.9. The van der Waals surface area contributed by atoms with Crippen LogP contribution in [0.15, 0.2) is 48.5 Å².